The number of hydrogen-bond acceptors (Lipinski definition) is 12. The summed E-state index contributed by atoms with van der Waals surface area (Å²) in [7, 11) is 0. The van der Waals surface area contributed by atoms with Crippen molar-refractivity contribution in [3.05, 3.63) is 46.4 Å². The molecule has 1 fully saturated rings. The summed E-state index contributed by atoms with van der Waals surface area (Å²) in [5.41, 5.74) is 13.0. The number of amides is 1. The topological polar surface area (TPSA) is 220 Å². The van der Waals surface area contributed by atoms with E-state index in [4.69, 9.17) is 37.3 Å². The lowest BCUT2D eigenvalue weighted by molar-refractivity contribution is -0.122. The van der Waals surface area contributed by atoms with E-state index in [0.29, 0.717) is 31.1 Å². The van der Waals surface area contributed by atoms with E-state index in [0.717, 1.165) is 24.8 Å². The molecule has 1 aromatic carbocycles. The van der Waals surface area contributed by atoms with Gasteiger partial charge in [-0.1, -0.05) is 23.7 Å². The number of aliphatic hydroxyl groups is 3. The number of nitrogens with zero attached hydrogens (tertiary/aromatic N) is 3. The molecule has 2 heterocycles. The third-order valence-electron chi connectivity index (χ3n) is 6.46. The van der Waals surface area contributed by atoms with Gasteiger partial charge in [-0.15, -0.1) is 0 Å². The Balaban J connectivity index is 1.27. The molecule has 5 unspecified atom stereocenters. The fourth-order valence-electron chi connectivity index (χ4n) is 4.08. The number of halogens is 1. The van der Waals surface area contributed by atoms with Crippen LogP contribution in [0.15, 0.2) is 29.3 Å². The number of nitrogens with one attached hydrogen (secondary N) is 2. The first-order valence-corrected chi connectivity index (χ1v) is 14.1. The van der Waals surface area contributed by atoms with Crippen LogP contribution in [0.4, 0.5) is 5.82 Å². The Bertz CT molecular complexity index is 1190. The SMILES string of the molecule is Cc1nc(N)c(C(=O)NC(N)=NCCCCc2ccc(OCCNCC(O)C(O)C(O)C3COC(C)O3)cc2)nc1Cl. The number of unbranched alkanes of at least 4 members (excludes halogenated alkanes) is 1. The van der Waals surface area contributed by atoms with Crippen LogP contribution in [0, 0.1) is 6.92 Å². The Morgan fingerprint density at radius 2 is 1.98 bits per heavy atom. The van der Waals surface area contributed by atoms with Gasteiger partial charge in [-0.2, -0.15) is 0 Å². The molecule has 2 aromatic rings. The summed E-state index contributed by atoms with van der Waals surface area (Å²) in [6.07, 6.45) is -2.46. The summed E-state index contributed by atoms with van der Waals surface area (Å²) < 4.78 is 16.3. The number of aryl methyl sites for hydroxylation is 2. The lowest BCUT2D eigenvalue weighted by Gasteiger charge is -2.26. The lowest BCUT2D eigenvalue weighted by Crippen LogP contribution is -2.49. The zero-order valence-electron chi connectivity index (χ0n) is 23.7. The normalized spacial score (nSPS) is 19.3. The molecule has 1 aromatic heterocycles. The van der Waals surface area contributed by atoms with Crippen molar-refractivity contribution < 1.29 is 34.3 Å². The maximum Gasteiger partial charge on any atom is 0.280 e. The monoisotopic (exact) mass is 609 g/mol. The highest BCUT2D eigenvalue weighted by Gasteiger charge is 2.36. The third kappa shape index (κ3) is 10.3. The molecule has 0 radical (unpaired) electrons. The van der Waals surface area contributed by atoms with Crippen LogP contribution < -0.4 is 26.8 Å². The summed E-state index contributed by atoms with van der Waals surface area (Å²) in [4.78, 5) is 24.4. The largest absolute Gasteiger partial charge is 0.492 e. The molecular formula is C27H40ClN7O7. The molecule has 5 atom stereocenters. The average molecular weight is 610 g/mol. The molecule has 9 N–H and O–H groups in total. The fraction of sp³-hybridized carbons (Fsp3) is 0.556. The van der Waals surface area contributed by atoms with Gasteiger partial charge in [0.25, 0.3) is 5.91 Å². The van der Waals surface area contributed by atoms with E-state index in [1.807, 2.05) is 24.3 Å². The number of nitrogens with two attached hydrogens (primary N) is 2. The van der Waals surface area contributed by atoms with Gasteiger partial charge in [0.15, 0.2) is 28.9 Å². The Labute approximate surface area is 249 Å². The number of aliphatic imine (C=N–C) groups is 1. The molecule has 42 heavy (non-hydrogen) atoms. The van der Waals surface area contributed by atoms with Gasteiger partial charge in [0, 0.05) is 19.6 Å². The van der Waals surface area contributed by atoms with Crippen LogP contribution in [0.5, 0.6) is 5.75 Å². The minimum absolute atomic E-state index is 0.0411. The highest BCUT2D eigenvalue weighted by atomic mass is 35.5. The highest BCUT2D eigenvalue weighted by Crippen LogP contribution is 2.18. The molecule has 0 saturated carbocycles. The summed E-state index contributed by atoms with van der Waals surface area (Å²) in [5, 5.41) is 36.0. The van der Waals surface area contributed by atoms with Crippen LogP contribution in [-0.4, -0.2) is 101 Å². The second-order valence-electron chi connectivity index (χ2n) is 9.83. The molecule has 1 aliphatic heterocycles. The Kier molecular flexibility index (Phi) is 13.1. The van der Waals surface area contributed by atoms with Crippen molar-refractivity contribution in [1.82, 2.24) is 20.6 Å². The van der Waals surface area contributed by atoms with Crippen molar-refractivity contribution in [2.24, 2.45) is 10.7 Å². The lowest BCUT2D eigenvalue weighted by atomic mass is 10.0. The molecule has 1 aliphatic rings. The van der Waals surface area contributed by atoms with Crippen LogP contribution >= 0.6 is 11.6 Å². The van der Waals surface area contributed by atoms with Crippen molar-refractivity contribution in [2.45, 2.75) is 63.8 Å². The number of hydrogen-bond donors (Lipinski definition) is 7. The van der Waals surface area contributed by atoms with Gasteiger partial charge in [-0.05, 0) is 50.8 Å². The van der Waals surface area contributed by atoms with Crippen molar-refractivity contribution in [1.29, 1.82) is 0 Å². The number of aromatic nitrogens is 2. The Morgan fingerprint density at radius 1 is 1.24 bits per heavy atom. The number of rotatable bonds is 15. The molecule has 1 saturated heterocycles. The van der Waals surface area contributed by atoms with Crippen molar-refractivity contribution in [3.63, 3.8) is 0 Å². The van der Waals surface area contributed by atoms with E-state index in [1.54, 1.807) is 13.8 Å². The minimum Gasteiger partial charge on any atom is -0.492 e. The number of carbonyl (C=O) groups excluding carboxylic acids is 1. The maximum absolute atomic E-state index is 12.3. The van der Waals surface area contributed by atoms with E-state index in [1.165, 1.54) is 0 Å². The number of carbonyl (C=O) groups is 1. The van der Waals surface area contributed by atoms with Gasteiger partial charge in [-0.25, -0.2) is 9.97 Å². The molecule has 14 nitrogen and oxygen atoms in total. The predicted octanol–water partition coefficient (Wildman–Crippen LogP) is -0.0995. The van der Waals surface area contributed by atoms with Crippen LogP contribution in [0.1, 0.15) is 41.5 Å². The van der Waals surface area contributed by atoms with E-state index < -0.39 is 36.6 Å². The van der Waals surface area contributed by atoms with E-state index in [2.05, 4.69) is 25.6 Å². The fourth-order valence-corrected chi connectivity index (χ4v) is 4.21. The van der Waals surface area contributed by atoms with Crippen molar-refractivity contribution in [3.8, 4) is 5.75 Å². The van der Waals surface area contributed by atoms with Gasteiger partial charge in [0.05, 0.1) is 18.4 Å². The minimum atomic E-state index is -1.37. The van der Waals surface area contributed by atoms with Crippen LogP contribution in [0.25, 0.3) is 0 Å². The van der Waals surface area contributed by atoms with Gasteiger partial charge in [0.1, 0.15) is 30.7 Å². The van der Waals surface area contributed by atoms with Gasteiger partial charge < -0.3 is 46.3 Å². The first-order valence-electron chi connectivity index (χ1n) is 13.7. The Hall–Kier alpha value is -3.11. The van der Waals surface area contributed by atoms with Crippen molar-refractivity contribution >= 4 is 29.3 Å². The summed E-state index contributed by atoms with van der Waals surface area (Å²) in [5.74, 6) is -0.00827. The second kappa shape index (κ2) is 16.5. The van der Waals surface area contributed by atoms with E-state index in [-0.39, 0.29) is 35.8 Å². The molecule has 1 amide bonds. The van der Waals surface area contributed by atoms with Gasteiger partial charge in [-0.3, -0.25) is 15.1 Å². The average Bonchev–Trinajstić information content (AvgIpc) is 3.40. The first-order chi connectivity index (χ1) is 20.0. The van der Waals surface area contributed by atoms with E-state index in [9.17, 15) is 20.1 Å². The number of guanidine groups is 1. The standard InChI is InChI=1S/C27H40ClN7O7/c1-15-24(28)34-21(25(29)33-15)26(39)35-27(30)32-10-4-3-5-17-6-8-18(9-7-17)40-12-11-31-13-19(36)22(37)23(38)20-14-41-16(2)42-20/h6-9,16,19-20,22-23,31,36-38H,3-5,10-14H2,1-2H3,(H2,29,33)(H3,30,32,35,39). The molecule has 232 valence electrons. The van der Waals surface area contributed by atoms with Crippen LogP contribution in [-0.2, 0) is 15.9 Å². The number of anilines is 1. The molecular weight excluding hydrogens is 570 g/mol. The quantitative estimate of drug-likeness (QED) is 0.0799. The molecule has 3 rings (SSSR count). The molecule has 0 aliphatic carbocycles. The predicted molar refractivity (Wildman–Crippen MR) is 156 cm³/mol. The maximum atomic E-state index is 12.3. The van der Waals surface area contributed by atoms with Crippen LogP contribution in [0.3, 0.4) is 0 Å². The highest BCUT2D eigenvalue weighted by molar-refractivity contribution is 6.30. The number of ether oxygens (including phenoxy) is 3. The summed E-state index contributed by atoms with van der Waals surface area (Å²) in [6.45, 7) is 4.80. The van der Waals surface area contributed by atoms with Crippen molar-refractivity contribution in [2.75, 3.05) is 38.6 Å². The zero-order chi connectivity index (χ0) is 30.6. The molecule has 0 spiro atoms. The zero-order valence-corrected chi connectivity index (χ0v) is 24.5. The molecule has 0 bridgehead atoms. The smallest absolute Gasteiger partial charge is 0.280 e. The number of aliphatic hydroxyl groups excluding tert-OH is 3. The summed E-state index contributed by atoms with van der Waals surface area (Å²) >= 11 is 5.92. The Morgan fingerprint density at radius 3 is 2.67 bits per heavy atom. The summed E-state index contributed by atoms with van der Waals surface area (Å²) in [6, 6.07) is 7.73. The second-order valence-corrected chi connectivity index (χ2v) is 10.2. The van der Waals surface area contributed by atoms with Gasteiger partial charge in [0.2, 0.25) is 0 Å². The number of benzene rings is 1. The molecule has 15 heteroatoms. The van der Waals surface area contributed by atoms with Gasteiger partial charge >= 0.3 is 0 Å². The third-order valence-corrected chi connectivity index (χ3v) is 6.82. The van der Waals surface area contributed by atoms with E-state index >= 15 is 0 Å². The first kappa shape index (κ1) is 33.4. The number of nitrogen functional groups attached to an aromatic ring is 1. The van der Waals surface area contributed by atoms with Crippen LogP contribution in [0.2, 0.25) is 5.15 Å².